The Bertz CT molecular complexity index is 1420. The lowest BCUT2D eigenvalue weighted by Crippen LogP contribution is -2.48. The number of hydrogen-bond acceptors (Lipinski definition) is 8. The molecule has 200 valence electrons. The molecule has 0 spiro atoms. The van der Waals surface area contributed by atoms with E-state index in [4.69, 9.17) is 23.9 Å². The molecule has 3 aliphatic rings. The SMILES string of the molecule is Fc1ccc2[nH]ccc2c1-c1nc(N2CCOCC2)c2oc(CN3CCC(N4CCOCC4)CC3)cc2n1. The number of aromatic nitrogens is 3. The standard InChI is InChI=1S/C28H33FN6O3/c29-22-1-2-23-21(3-6-30-23)25(22)27-31-24-17-20(38-26(24)28(32-27)35-11-15-37-16-12-35)18-33-7-4-19(5-8-33)34-9-13-36-14-10-34/h1-3,6,17,19,30H,4-5,7-16,18H2. The lowest BCUT2D eigenvalue weighted by atomic mass is 10.0. The quantitative estimate of drug-likeness (QED) is 0.427. The molecule has 0 radical (unpaired) electrons. The Kier molecular flexibility index (Phi) is 6.48. The number of hydrogen-bond donors (Lipinski definition) is 1. The molecule has 1 N–H and O–H groups in total. The van der Waals surface area contributed by atoms with Crippen LogP contribution in [0.15, 0.2) is 34.9 Å². The second-order valence-electron chi connectivity index (χ2n) is 10.4. The van der Waals surface area contributed by atoms with Crippen molar-refractivity contribution in [2.24, 2.45) is 0 Å². The van der Waals surface area contributed by atoms with Crippen LogP contribution in [-0.4, -0.2) is 96.5 Å². The number of ether oxygens (including phenoxy) is 2. The van der Waals surface area contributed by atoms with Crippen LogP contribution in [0.4, 0.5) is 10.2 Å². The van der Waals surface area contributed by atoms with Crippen molar-refractivity contribution in [3.8, 4) is 11.4 Å². The maximum Gasteiger partial charge on any atom is 0.195 e. The summed E-state index contributed by atoms with van der Waals surface area (Å²) in [7, 11) is 0. The van der Waals surface area contributed by atoms with Crippen molar-refractivity contribution in [2.75, 3.05) is 70.6 Å². The number of nitrogens with zero attached hydrogens (tertiary/aromatic N) is 5. The molecule has 3 fully saturated rings. The lowest BCUT2D eigenvalue weighted by Gasteiger charge is -2.39. The van der Waals surface area contributed by atoms with E-state index in [1.54, 1.807) is 6.07 Å². The van der Waals surface area contributed by atoms with E-state index < -0.39 is 0 Å². The van der Waals surface area contributed by atoms with Crippen molar-refractivity contribution in [2.45, 2.75) is 25.4 Å². The fourth-order valence-corrected chi connectivity index (χ4v) is 6.08. The van der Waals surface area contributed by atoms with Crippen molar-refractivity contribution >= 4 is 27.8 Å². The number of rotatable bonds is 5. The van der Waals surface area contributed by atoms with E-state index in [9.17, 15) is 0 Å². The Morgan fingerprint density at radius 2 is 1.68 bits per heavy atom. The predicted molar refractivity (Wildman–Crippen MR) is 143 cm³/mol. The molecular formula is C28H33FN6O3. The molecule has 3 aromatic heterocycles. The first-order valence-corrected chi connectivity index (χ1v) is 13.7. The summed E-state index contributed by atoms with van der Waals surface area (Å²) in [6, 6.07) is 7.73. The van der Waals surface area contributed by atoms with E-state index in [0.29, 0.717) is 60.7 Å². The Balaban J connectivity index is 1.19. The zero-order chi connectivity index (χ0) is 25.5. The number of nitrogens with one attached hydrogen (secondary N) is 1. The molecule has 10 heteroatoms. The average Bonchev–Trinajstić information content (AvgIpc) is 3.60. The van der Waals surface area contributed by atoms with E-state index in [1.807, 2.05) is 18.3 Å². The third-order valence-corrected chi connectivity index (χ3v) is 8.12. The summed E-state index contributed by atoms with van der Waals surface area (Å²) in [5.74, 6) is 1.61. The van der Waals surface area contributed by atoms with Gasteiger partial charge in [-0.25, -0.2) is 14.4 Å². The van der Waals surface area contributed by atoms with Crippen LogP contribution in [0.3, 0.4) is 0 Å². The van der Waals surface area contributed by atoms with Gasteiger partial charge in [0, 0.05) is 68.5 Å². The molecule has 4 aromatic rings. The summed E-state index contributed by atoms with van der Waals surface area (Å²) in [5, 5.41) is 0.768. The minimum absolute atomic E-state index is 0.337. The molecule has 38 heavy (non-hydrogen) atoms. The van der Waals surface area contributed by atoms with E-state index in [2.05, 4.69) is 19.7 Å². The predicted octanol–water partition coefficient (Wildman–Crippen LogP) is 3.64. The van der Waals surface area contributed by atoms with E-state index in [-0.39, 0.29) is 5.82 Å². The van der Waals surface area contributed by atoms with Crippen LogP contribution < -0.4 is 4.90 Å². The molecule has 0 amide bonds. The Labute approximate surface area is 220 Å². The highest BCUT2D eigenvalue weighted by molar-refractivity contribution is 5.96. The second-order valence-corrected chi connectivity index (χ2v) is 10.4. The molecular weight excluding hydrogens is 487 g/mol. The zero-order valence-electron chi connectivity index (χ0n) is 21.5. The van der Waals surface area contributed by atoms with Gasteiger partial charge in [-0.15, -0.1) is 0 Å². The van der Waals surface area contributed by atoms with Gasteiger partial charge in [-0.05, 0) is 31.0 Å². The second kappa shape index (κ2) is 10.3. The van der Waals surface area contributed by atoms with Gasteiger partial charge in [-0.2, -0.15) is 0 Å². The highest BCUT2D eigenvalue weighted by atomic mass is 19.1. The molecule has 1 aromatic carbocycles. The van der Waals surface area contributed by atoms with Crippen molar-refractivity contribution in [3.63, 3.8) is 0 Å². The van der Waals surface area contributed by atoms with Crippen LogP contribution in [0, 0.1) is 5.82 Å². The van der Waals surface area contributed by atoms with Gasteiger partial charge in [0.25, 0.3) is 0 Å². The maximum atomic E-state index is 15.2. The average molecular weight is 521 g/mol. The monoisotopic (exact) mass is 520 g/mol. The van der Waals surface area contributed by atoms with Crippen molar-refractivity contribution in [1.29, 1.82) is 0 Å². The van der Waals surface area contributed by atoms with Crippen LogP contribution in [0.25, 0.3) is 33.4 Å². The third-order valence-electron chi connectivity index (χ3n) is 8.12. The number of piperidine rings is 1. The highest BCUT2D eigenvalue weighted by Gasteiger charge is 2.28. The molecule has 0 bridgehead atoms. The van der Waals surface area contributed by atoms with Crippen molar-refractivity contribution in [3.05, 3.63) is 42.0 Å². The summed E-state index contributed by atoms with van der Waals surface area (Å²) in [6.07, 6.45) is 4.12. The van der Waals surface area contributed by atoms with E-state index in [0.717, 1.165) is 75.4 Å². The van der Waals surface area contributed by atoms with Gasteiger partial charge in [0.1, 0.15) is 17.1 Å². The summed E-state index contributed by atoms with van der Waals surface area (Å²) in [6.45, 7) is 9.20. The molecule has 0 unspecified atom stereocenters. The van der Waals surface area contributed by atoms with Gasteiger partial charge in [-0.3, -0.25) is 9.80 Å². The van der Waals surface area contributed by atoms with Crippen LogP contribution in [0.1, 0.15) is 18.6 Å². The summed E-state index contributed by atoms with van der Waals surface area (Å²) in [4.78, 5) is 20.1. The number of furan rings is 1. The summed E-state index contributed by atoms with van der Waals surface area (Å²) >= 11 is 0. The number of H-pyrrole nitrogens is 1. The fraction of sp³-hybridized carbons (Fsp3) is 0.500. The topological polar surface area (TPSA) is 82.9 Å². The Morgan fingerprint density at radius 3 is 2.47 bits per heavy atom. The van der Waals surface area contributed by atoms with Gasteiger partial charge in [0.05, 0.1) is 38.5 Å². The van der Waals surface area contributed by atoms with E-state index in [1.165, 1.54) is 6.07 Å². The van der Waals surface area contributed by atoms with Gasteiger partial charge in [0.15, 0.2) is 17.2 Å². The molecule has 6 heterocycles. The molecule has 0 aliphatic carbocycles. The van der Waals surface area contributed by atoms with Crippen LogP contribution in [-0.2, 0) is 16.0 Å². The smallest absolute Gasteiger partial charge is 0.195 e. The zero-order valence-corrected chi connectivity index (χ0v) is 21.5. The number of fused-ring (bicyclic) bond motifs is 2. The number of morpholine rings is 2. The molecule has 3 aliphatic heterocycles. The normalized spacial score (nSPS) is 20.6. The first-order valence-electron chi connectivity index (χ1n) is 13.7. The minimum atomic E-state index is -0.337. The molecule has 0 saturated carbocycles. The number of halogens is 1. The van der Waals surface area contributed by atoms with Gasteiger partial charge < -0.3 is 23.8 Å². The largest absolute Gasteiger partial charge is 0.454 e. The maximum absolute atomic E-state index is 15.2. The molecule has 0 atom stereocenters. The third kappa shape index (κ3) is 4.55. The van der Waals surface area contributed by atoms with Crippen LogP contribution >= 0.6 is 0 Å². The van der Waals surface area contributed by atoms with Crippen LogP contribution in [0.5, 0.6) is 0 Å². The molecule has 7 rings (SSSR count). The van der Waals surface area contributed by atoms with Gasteiger partial charge in [-0.1, -0.05) is 0 Å². The number of anilines is 1. The van der Waals surface area contributed by atoms with E-state index >= 15 is 4.39 Å². The number of likely N-dealkylation sites (tertiary alicyclic amines) is 1. The summed E-state index contributed by atoms with van der Waals surface area (Å²) < 4.78 is 32.7. The first kappa shape index (κ1) is 24.0. The van der Waals surface area contributed by atoms with Crippen molar-refractivity contribution in [1.82, 2.24) is 24.8 Å². The Hall–Kier alpha value is -3.05. The molecule has 9 nitrogen and oxygen atoms in total. The Morgan fingerprint density at radius 1 is 0.921 bits per heavy atom. The van der Waals surface area contributed by atoms with Crippen molar-refractivity contribution < 1.29 is 18.3 Å². The van der Waals surface area contributed by atoms with Gasteiger partial charge >= 0.3 is 0 Å². The van der Waals surface area contributed by atoms with Gasteiger partial charge in [0.2, 0.25) is 0 Å². The first-order chi connectivity index (χ1) is 18.7. The highest BCUT2D eigenvalue weighted by Crippen LogP contribution is 2.35. The lowest BCUT2D eigenvalue weighted by molar-refractivity contribution is -0.000216. The van der Waals surface area contributed by atoms with Crippen LogP contribution in [0.2, 0.25) is 0 Å². The minimum Gasteiger partial charge on any atom is -0.454 e. The number of aromatic amines is 1. The number of benzene rings is 1. The molecule has 3 saturated heterocycles. The fourth-order valence-electron chi connectivity index (χ4n) is 6.08. The summed E-state index contributed by atoms with van der Waals surface area (Å²) in [5.41, 5.74) is 2.64.